The number of thiophene rings is 2. The van der Waals surface area contributed by atoms with E-state index in [-0.39, 0.29) is 0 Å². The number of rotatable bonds is 7. The van der Waals surface area contributed by atoms with Crippen LogP contribution in [0.15, 0.2) is 121 Å². The summed E-state index contributed by atoms with van der Waals surface area (Å²) < 4.78 is 0. The molecule has 0 aliphatic carbocycles. The number of benzene rings is 4. The molecule has 2 heterocycles. The van der Waals surface area contributed by atoms with Gasteiger partial charge in [0.15, 0.2) is 0 Å². The van der Waals surface area contributed by atoms with Gasteiger partial charge in [0.25, 0.3) is 0 Å². The first-order chi connectivity index (χ1) is 21.6. The molecule has 206 valence electrons. The smallest absolute Gasteiger partial charge is 0.101 e. The van der Waals surface area contributed by atoms with E-state index in [9.17, 15) is 21.0 Å². The van der Waals surface area contributed by atoms with Crippen LogP contribution in [0, 0.1) is 45.3 Å². The molecule has 0 saturated carbocycles. The molecule has 0 amide bonds. The molecule has 0 aliphatic heterocycles. The first-order valence-corrected chi connectivity index (χ1v) is 15.0. The van der Waals surface area contributed by atoms with Crippen molar-refractivity contribution in [3.05, 3.63) is 144 Å². The molecule has 0 atom stereocenters. The lowest BCUT2D eigenvalue weighted by atomic mass is 10.1. The van der Waals surface area contributed by atoms with E-state index >= 15 is 0 Å². The van der Waals surface area contributed by atoms with Gasteiger partial charge in [-0.3, -0.25) is 0 Å². The third-order valence-electron chi connectivity index (χ3n) is 6.89. The Labute approximate surface area is 263 Å². The van der Waals surface area contributed by atoms with Crippen molar-refractivity contribution >= 4 is 55.4 Å². The molecule has 0 bridgehead atoms. The summed E-state index contributed by atoms with van der Waals surface area (Å²) in [5, 5.41) is 39.2. The van der Waals surface area contributed by atoms with Gasteiger partial charge >= 0.3 is 0 Å². The zero-order valence-electron chi connectivity index (χ0n) is 23.0. The van der Waals surface area contributed by atoms with Crippen molar-refractivity contribution in [3.63, 3.8) is 0 Å². The summed E-state index contributed by atoms with van der Waals surface area (Å²) in [5.41, 5.74) is 5.95. The van der Waals surface area contributed by atoms with Crippen LogP contribution in [0.25, 0.3) is 9.75 Å². The molecule has 0 radical (unpaired) electrons. The largest absolute Gasteiger partial charge is 0.302 e. The van der Waals surface area contributed by atoms with Gasteiger partial charge in [-0.05, 0) is 121 Å². The van der Waals surface area contributed by atoms with Gasteiger partial charge in [0.1, 0.15) is 10.0 Å². The zero-order chi connectivity index (χ0) is 30.5. The Kier molecular flexibility index (Phi) is 7.87. The Bertz CT molecular complexity index is 1830. The minimum atomic E-state index is 0.584. The van der Waals surface area contributed by atoms with Crippen LogP contribution in [0.2, 0.25) is 0 Å². The monoisotopic (exact) mass is 600 g/mol. The predicted octanol–water partition coefficient (Wildman–Crippen LogP) is 9.90. The van der Waals surface area contributed by atoms with Gasteiger partial charge in [-0.1, -0.05) is 0 Å². The third kappa shape index (κ3) is 5.64. The molecule has 0 spiro atoms. The van der Waals surface area contributed by atoms with Crippen LogP contribution in [0.3, 0.4) is 0 Å². The summed E-state index contributed by atoms with van der Waals surface area (Å²) in [7, 11) is 0. The molecule has 44 heavy (non-hydrogen) atoms. The van der Waals surface area contributed by atoms with Gasteiger partial charge in [0.2, 0.25) is 0 Å². The average Bonchev–Trinajstić information content (AvgIpc) is 3.77. The van der Waals surface area contributed by atoms with Crippen molar-refractivity contribution in [3.8, 4) is 34.0 Å². The van der Waals surface area contributed by atoms with E-state index in [2.05, 4.69) is 58.3 Å². The molecule has 6 aromatic rings. The van der Waals surface area contributed by atoms with Gasteiger partial charge in [0, 0.05) is 32.5 Å². The summed E-state index contributed by atoms with van der Waals surface area (Å²) in [6, 6.07) is 46.8. The Balaban J connectivity index is 1.38. The molecule has 0 aliphatic rings. The summed E-state index contributed by atoms with van der Waals surface area (Å²) >= 11 is 3.29. The number of nitriles is 4. The highest BCUT2D eigenvalue weighted by Gasteiger charge is 2.19. The van der Waals surface area contributed by atoms with E-state index in [1.54, 1.807) is 71.2 Å². The molecule has 0 N–H and O–H groups in total. The van der Waals surface area contributed by atoms with Crippen molar-refractivity contribution in [1.29, 1.82) is 21.0 Å². The number of hydrogen-bond donors (Lipinski definition) is 0. The van der Waals surface area contributed by atoms with Crippen molar-refractivity contribution in [1.82, 2.24) is 0 Å². The van der Waals surface area contributed by atoms with Crippen LogP contribution in [0.1, 0.15) is 22.3 Å². The molecule has 4 aromatic carbocycles. The van der Waals surface area contributed by atoms with E-state index in [1.807, 2.05) is 48.5 Å². The Hall–Kier alpha value is -6.16. The van der Waals surface area contributed by atoms with Gasteiger partial charge < -0.3 is 9.80 Å². The van der Waals surface area contributed by atoms with Crippen molar-refractivity contribution < 1.29 is 0 Å². The molecule has 0 fully saturated rings. The first kappa shape index (κ1) is 28.0. The Morgan fingerprint density at radius 1 is 0.341 bits per heavy atom. The van der Waals surface area contributed by atoms with Gasteiger partial charge in [0.05, 0.1) is 46.5 Å². The van der Waals surface area contributed by atoms with E-state index in [1.165, 1.54) is 0 Å². The lowest BCUT2D eigenvalue weighted by Gasteiger charge is -2.24. The molecular formula is C36H20N6S2. The van der Waals surface area contributed by atoms with Crippen LogP contribution in [0.5, 0.6) is 0 Å². The minimum Gasteiger partial charge on any atom is -0.302 e. The van der Waals surface area contributed by atoms with Gasteiger partial charge in [-0.25, -0.2) is 0 Å². The molecule has 6 rings (SSSR count). The van der Waals surface area contributed by atoms with E-state index in [0.717, 1.165) is 42.5 Å². The Morgan fingerprint density at radius 3 is 0.818 bits per heavy atom. The van der Waals surface area contributed by atoms with Crippen molar-refractivity contribution in [2.75, 3.05) is 9.80 Å². The number of anilines is 6. The lowest BCUT2D eigenvalue weighted by Crippen LogP contribution is -2.08. The maximum Gasteiger partial charge on any atom is 0.101 e. The molecule has 2 aromatic heterocycles. The number of hydrogen-bond acceptors (Lipinski definition) is 8. The topological polar surface area (TPSA) is 102 Å². The normalized spacial score (nSPS) is 10.2. The maximum atomic E-state index is 9.30. The highest BCUT2D eigenvalue weighted by Crippen LogP contribution is 2.46. The second-order valence-corrected chi connectivity index (χ2v) is 11.7. The maximum absolute atomic E-state index is 9.30. The standard InChI is InChI=1S/C36H20N6S2/c37-21-25-1-9-29(10-2-25)41(30-11-3-26(22-38)4-12-30)35-19-17-33(43-35)34-18-20-36(44-34)42(31-13-5-27(23-39)6-14-31)32-15-7-28(24-40)8-16-32/h1-20H. The average molecular weight is 601 g/mol. The van der Waals surface area contributed by atoms with Gasteiger partial charge in [-0.15, -0.1) is 22.7 Å². The van der Waals surface area contributed by atoms with Crippen LogP contribution >= 0.6 is 22.7 Å². The fourth-order valence-electron chi connectivity index (χ4n) is 4.71. The second-order valence-electron chi connectivity index (χ2n) is 9.58. The van der Waals surface area contributed by atoms with Crippen LogP contribution < -0.4 is 9.80 Å². The molecule has 6 nitrogen and oxygen atoms in total. The molecule has 0 unspecified atom stereocenters. The van der Waals surface area contributed by atoms with Gasteiger partial charge in [-0.2, -0.15) is 21.0 Å². The summed E-state index contributed by atoms with van der Waals surface area (Å²) in [4.78, 5) is 6.40. The summed E-state index contributed by atoms with van der Waals surface area (Å²) in [5.74, 6) is 0. The second kappa shape index (κ2) is 12.4. The SMILES string of the molecule is N#Cc1ccc(N(c2ccc(C#N)cc2)c2ccc(-c3ccc(N(c4ccc(C#N)cc4)c4ccc(C#N)cc4)s3)s2)cc1. The molecular weight excluding hydrogens is 581 g/mol. The van der Waals surface area contributed by atoms with Crippen LogP contribution in [-0.2, 0) is 0 Å². The highest BCUT2D eigenvalue weighted by atomic mass is 32.1. The first-order valence-electron chi connectivity index (χ1n) is 13.4. The Morgan fingerprint density at radius 2 is 0.591 bits per heavy atom. The minimum absolute atomic E-state index is 0.584. The van der Waals surface area contributed by atoms with E-state index < -0.39 is 0 Å². The van der Waals surface area contributed by atoms with Crippen molar-refractivity contribution in [2.45, 2.75) is 0 Å². The fraction of sp³-hybridized carbons (Fsp3) is 0. The number of nitrogens with zero attached hydrogens (tertiary/aromatic N) is 6. The van der Waals surface area contributed by atoms with Crippen LogP contribution in [-0.4, -0.2) is 0 Å². The molecule has 0 saturated heterocycles. The zero-order valence-corrected chi connectivity index (χ0v) is 24.7. The summed E-state index contributed by atoms with van der Waals surface area (Å²) in [6.45, 7) is 0. The van der Waals surface area contributed by atoms with E-state index in [0.29, 0.717) is 22.3 Å². The van der Waals surface area contributed by atoms with Crippen molar-refractivity contribution in [2.24, 2.45) is 0 Å². The van der Waals surface area contributed by atoms with E-state index in [4.69, 9.17) is 0 Å². The molecule has 8 heteroatoms. The third-order valence-corrected chi connectivity index (χ3v) is 9.22. The van der Waals surface area contributed by atoms with Crippen LogP contribution in [0.4, 0.5) is 32.8 Å². The lowest BCUT2D eigenvalue weighted by molar-refractivity contribution is 1.31. The quantitative estimate of drug-likeness (QED) is 0.181. The summed E-state index contributed by atoms with van der Waals surface area (Å²) in [6.07, 6.45) is 0. The predicted molar refractivity (Wildman–Crippen MR) is 176 cm³/mol. The highest BCUT2D eigenvalue weighted by molar-refractivity contribution is 7.26. The fourth-order valence-corrected chi connectivity index (χ4v) is 6.89.